The zero-order chi connectivity index (χ0) is 14.6. The van der Waals surface area contributed by atoms with Crippen LogP contribution in [0.15, 0.2) is 24.3 Å². The van der Waals surface area contributed by atoms with Gasteiger partial charge in [-0.05, 0) is 12.5 Å². The molecule has 0 aromatic heterocycles. The first kappa shape index (κ1) is 15.3. The van der Waals surface area contributed by atoms with Crippen molar-refractivity contribution in [3.8, 4) is 5.75 Å². The van der Waals surface area contributed by atoms with Gasteiger partial charge in [-0.3, -0.25) is 0 Å². The van der Waals surface area contributed by atoms with Crippen molar-refractivity contribution in [2.24, 2.45) is 0 Å². The average Bonchev–Trinajstić information content (AvgIpc) is 2.47. The number of benzene rings is 1. The van der Waals surface area contributed by atoms with Crippen LogP contribution in [0.1, 0.15) is 24.9 Å². The van der Waals surface area contributed by atoms with E-state index >= 15 is 0 Å². The highest BCUT2D eigenvalue weighted by atomic mass is 32.2. The number of hydrogen-bond acceptors (Lipinski definition) is 4. The summed E-state index contributed by atoms with van der Waals surface area (Å²) >= 11 is 0. The van der Waals surface area contributed by atoms with Gasteiger partial charge in [0.1, 0.15) is 5.75 Å². The van der Waals surface area contributed by atoms with Gasteiger partial charge in [-0.2, -0.15) is 4.31 Å². The summed E-state index contributed by atoms with van der Waals surface area (Å²) in [5, 5.41) is 3.27. The Morgan fingerprint density at radius 3 is 2.85 bits per heavy atom. The van der Waals surface area contributed by atoms with Gasteiger partial charge >= 0.3 is 0 Å². The predicted molar refractivity (Wildman–Crippen MR) is 79.4 cm³/mol. The molecule has 0 spiro atoms. The van der Waals surface area contributed by atoms with E-state index < -0.39 is 10.0 Å². The van der Waals surface area contributed by atoms with Gasteiger partial charge in [-0.15, -0.1) is 0 Å². The van der Waals surface area contributed by atoms with Gasteiger partial charge in [0.15, 0.2) is 0 Å². The second-order valence-electron chi connectivity index (χ2n) is 4.89. The van der Waals surface area contributed by atoms with Crippen LogP contribution in [0.3, 0.4) is 0 Å². The molecule has 1 N–H and O–H groups in total. The van der Waals surface area contributed by atoms with E-state index in [4.69, 9.17) is 4.74 Å². The average molecular weight is 298 g/mol. The highest BCUT2D eigenvalue weighted by molar-refractivity contribution is 7.89. The van der Waals surface area contributed by atoms with E-state index in [0.717, 1.165) is 11.3 Å². The van der Waals surface area contributed by atoms with Gasteiger partial charge in [-0.1, -0.05) is 25.1 Å². The summed E-state index contributed by atoms with van der Waals surface area (Å²) in [6.45, 7) is 3.70. The maximum atomic E-state index is 12.4. The summed E-state index contributed by atoms with van der Waals surface area (Å²) in [7, 11) is -1.61. The van der Waals surface area contributed by atoms with Crippen molar-refractivity contribution in [2.75, 3.05) is 32.5 Å². The number of para-hydroxylation sites is 1. The van der Waals surface area contributed by atoms with Crippen LogP contribution in [0.4, 0.5) is 0 Å². The van der Waals surface area contributed by atoms with Crippen molar-refractivity contribution in [3.05, 3.63) is 29.8 Å². The van der Waals surface area contributed by atoms with Crippen LogP contribution >= 0.6 is 0 Å². The normalized spacial score (nSPS) is 20.8. The molecule has 1 saturated heterocycles. The lowest BCUT2D eigenvalue weighted by atomic mass is 10.0. The minimum atomic E-state index is -3.22. The molecular formula is C14H22N2O3S. The molecule has 6 heteroatoms. The second kappa shape index (κ2) is 6.56. The summed E-state index contributed by atoms with van der Waals surface area (Å²) in [6, 6.07) is 7.41. The Morgan fingerprint density at radius 1 is 1.40 bits per heavy atom. The number of ether oxygens (including phenoxy) is 1. The Labute approximate surface area is 121 Å². The van der Waals surface area contributed by atoms with Crippen LogP contribution in [0.25, 0.3) is 0 Å². The van der Waals surface area contributed by atoms with Gasteiger partial charge in [0.2, 0.25) is 10.0 Å². The van der Waals surface area contributed by atoms with Gasteiger partial charge in [0.05, 0.1) is 18.9 Å². The maximum absolute atomic E-state index is 12.4. The standard InChI is InChI=1S/C14H22N2O3S/c1-3-10-20(17,18)16-9-8-15-11-13(16)12-6-4-5-7-14(12)19-2/h4-7,13,15H,3,8-11H2,1-2H3/t13-/m1/s1. The molecule has 1 atom stereocenters. The molecule has 0 aliphatic carbocycles. The Bertz CT molecular complexity index is 545. The number of nitrogens with zero attached hydrogens (tertiary/aromatic N) is 1. The summed E-state index contributed by atoms with van der Waals surface area (Å²) < 4.78 is 31.8. The first-order valence-corrected chi connectivity index (χ1v) is 8.54. The van der Waals surface area contributed by atoms with Crippen molar-refractivity contribution in [1.29, 1.82) is 0 Å². The molecule has 0 amide bonds. The predicted octanol–water partition coefficient (Wildman–Crippen LogP) is 1.38. The van der Waals surface area contributed by atoms with Gasteiger partial charge in [0.25, 0.3) is 0 Å². The third kappa shape index (κ3) is 3.13. The van der Waals surface area contributed by atoms with Crippen LogP contribution in [0.5, 0.6) is 5.75 Å². The molecule has 112 valence electrons. The molecule has 1 fully saturated rings. The van der Waals surface area contributed by atoms with Gasteiger partial charge in [-0.25, -0.2) is 8.42 Å². The van der Waals surface area contributed by atoms with Crippen molar-refractivity contribution in [3.63, 3.8) is 0 Å². The number of methoxy groups -OCH3 is 1. The number of piperazine rings is 1. The quantitative estimate of drug-likeness (QED) is 0.892. The number of rotatable bonds is 5. The van der Waals surface area contributed by atoms with E-state index in [0.29, 0.717) is 26.1 Å². The summed E-state index contributed by atoms with van der Waals surface area (Å²) in [4.78, 5) is 0. The third-order valence-corrected chi connectivity index (χ3v) is 5.59. The van der Waals surface area contributed by atoms with Crippen molar-refractivity contribution in [2.45, 2.75) is 19.4 Å². The van der Waals surface area contributed by atoms with E-state index in [-0.39, 0.29) is 11.8 Å². The lowest BCUT2D eigenvalue weighted by Crippen LogP contribution is -2.49. The summed E-state index contributed by atoms with van der Waals surface area (Å²) in [6.07, 6.45) is 0.630. The zero-order valence-corrected chi connectivity index (χ0v) is 12.8. The first-order valence-electron chi connectivity index (χ1n) is 6.93. The fraction of sp³-hybridized carbons (Fsp3) is 0.571. The Hall–Kier alpha value is -1.11. The summed E-state index contributed by atoms with van der Waals surface area (Å²) in [5.41, 5.74) is 0.918. The third-order valence-electron chi connectivity index (χ3n) is 3.51. The minimum absolute atomic E-state index is 0.193. The molecule has 0 unspecified atom stereocenters. The molecule has 1 aromatic carbocycles. The molecule has 1 heterocycles. The van der Waals surface area contributed by atoms with E-state index in [2.05, 4.69) is 5.32 Å². The van der Waals surface area contributed by atoms with E-state index in [1.165, 1.54) is 0 Å². The van der Waals surface area contributed by atoms with Crippen molar-refractivity contribution in [1.82, 2.24) is 9.62 Å². The SMILES string of the molecule is CCCS(=O)(=O)N1CCNC[C@@H]1c1ccccc1OC. The Balaban J connectivity index is 2.36. The number of nitrogens with one attached hydrogen (secondary N) is 1. The monoisotopic (exact) mass is 298 g/mol. The van der Waals surface area contributed by atoms with Gasteiger partial charge in [0, 0.05) is 25.2 Å². The largest absolute Gasteiger partial charge is 0.496 e. The van der Waals surface area contributed by atoms with Crippen molar-refractivity contribution >= 4 is 10.0 Å². The minimum Gasteiger partial charge on any atom is -0.496 e. The summed E-state index contributed by atoms with van der Waals surface area (Å²) in [5.74, 6) is 0.927. The lowest BCUT2D eigenvalue weighted by Gasteiger charge is -2.36. The van der Waals surface area contributed by atoms with Crippen LogP contribution in [0, 0.1) is 0 Å². The van der Waals surface area contributed by atoms with Crippen LogP contribution in [-0.4, -0.2) is 45.2 Å². The topological polar surface area (TPSA) is 58.6 Å². The molecule has 20 heavy (non-hydrogen) atoms. The molecule has 1 aromatic rings. The Morgan fingerprint density at radius 2 is 2.15 bits per heavy atom. The van der Waals surface area contributed by atoms with E-state index in [1.807, 2.05) is 31.2 Å². The highest BCUT2D eigenvalue weighted by Gasteiger charge is 2.33. The molecular weight excluding hydrogens is 276 g/mol. The molecule has 0 radical (unpaired) electrons. The van der Waals surface area contributed by atoms with Crippen LogP contribution in [-0.2, 0) is 10.0 Å². The van der Waals surface area contributed by atoms with Crippen LogP contribution in [0.2, 0.25) is 0 Å². The van der Waals surface area contributed by atoms with Crippen LogP contribution < -0.4 is 10.1 Å². The molecule has 1 aliphatic heterocycles. The smallest absolute Gasteiger partial charge is 0.214 e. The Kier molecular flexibility index (Phi) is 5.01. The second-order valence-corrected chi connectivity index (χ2v) is 6.93. The lowest BCUT2D eigenvalue weighted by molar-refractivity contribution is 0.264. The van der Waals surface area contributed by atoms with Gasteiger partial charge < -0.3 is 10.1 Å². The van der Waals surface area contributed by atoms with Crippen molar-refractivity contribution < 1.29 is 13.2 Å². The molecule has 0 bridgehead atoms. The molecule has 5 nitrogen and oxygen atoms in total. The first-order chi connectivity index (χ1) is 9.60. The fourth-order valence-electron chi connectivity index (χ4n) is 2.60. The molecule has 2 rings (SSSR count). The van der Waals surface area contributed by atoms with E-state index in [9.17, 15) is 8.42 Å². The molecule has 0 saturated carbocycles. The van der Waals surface area contributed by atoms with E-state index in [1.54, 1.807) is 11.4 Å². The molecule has 1 aliphatic rings. The zero-order valence-electron chi connectivity index (χ0n) is 12.0. The number of sulfonamides is 1. The fourth-order valence-corrected chi connectivity index (χ4v) is 4.30. The highest BCUT2D eigenvalue weighted by Crippen LogP contribution is 2.32. The maximum Gasteiger partial charge on any atom is 0.214 e. The number of hydrogen-bond donors (Lipinski definition) is 1.